The molecule has 1 saturated carbocycles. The first-order valence-corrected chi connectivity index (χ1v) is 21.3. The Kier molecular flexibility index (Phi) is 10.3. The zero-order valence-electron chi connectivity index (χ0n) is 32.3. The lowest BCUT2D eigenvalue weighted by Crippen LogP contribution is -2.52. The van der Waals surface area contributed by atoms with Gasteiger partial charge in [-0.05, 0) is 115 Å². The largest absolute Gasteiger partial charge is 0.508 e. The molecule has 3 saturated heterocycles. The fourth-order valence-electron chi connectivity index (χ4n) is 11.1. The molecular weight excluding hydrogens is 687 g/mol. The Hall–Kier alpha value is -4.37. The molecule has 0 spiro atoms. The number of rotatable bonds is 7. The summed E-state index contributed by atoms with van der Waals surface area (Å²) in [6.45, 7) is 7.76. The Morgan fingerprint density at radius 2 is 1.40 bits per heavy atom. The topological polar surface area (TPSA) is 96.4 Å². The number of aryl methyl sites for hydroxylation is 1. The smallest absolute Gasteiger partial charge is 0.255 e. The minimum absolute atomic E-state index is 0.115. The zero-order valence-corrected chi connectivity index (χ0v) is 32.3. The van der Waals surface area contributed by atoms with E-state index in [2.05, 4.69) is 62.5 Å². The molecule has 3 amide bonds. The fourth-order valence-corrected chi connectivity index (χ4v) is 11.1. The molecule has 4 aliphatic heterocycles. The molecular formula is C46H57N5O4. The van der Waals surface area contributed by atoms with Crippen molar-refractivity contribution >= 4 is 29.1 Å². The van der Waals surface area contributed by atoms with Gasteiger partial charge in [0.15, 0.2) is 0 Å². The third kappa shape index (κ3) is 7.49. The summed E-state index contributed by atoms with van der Waals surface area (Å²) in [5, 5.41) is 12.7. The van der Waals surface area contributed by atoms with Crippen LogP contribution in [0.5, 0.6) is 5.75 Å². The minimum atomic E-state index is -0.580. The van der Waals surface area contributed by atoms with Gasteiger partial charge in [-0.1, -0.05) is 56.7 Å². The number of carbonyl (C=O) groups excluding carboxylic acids is 3. The Bertz CT molecular complexity index is 1890. The summed E-state index contributed by atoms with van der Waals surface area (Å²) >= 11 is 0. The molecule has 3 aromatic rings. The number of imide groups is 1. The van der Waals surface area contributed by atoms with E-state index >= 15 is 0 Å². The molecule has 290 valence electrons. The van der Waals surface area contributed by atoms with Crippen molar-refractivity contribution in [3.63, 3.8) is 0 Å². The number of nitrogens with zero attached hydrogens (tertiary/aromatic N) is 4. The van der Waals surface area contributed by atoms with Crippen LogP contribution in [0.1, 0.15) is 109 Å². The number of nitrogens with one attached hydrogen (secondary N) is 1. The molecule has 4 fully saturated rings. The number of phenols is 1. The van der Waals surface area contributed by atoms with Crippen LogP contribution < -0.4 is 15.1 Å². The minimum Gasteiger partial charge on any atom is -0.508 e. The number of fused-ring (bicyclic) bond motifs is 2. The number of anilines is 2. The van der Waals surface area contributed by atoms with Crippen LogP contribution in [0.15, 0.2) is 60.7 Å². The van der Waals surface area contributed by atoms with Gasteiger partial charge < -0.3 is 19.8 Å². The number of carbonyl (C=O) groups is 3. The third-order valence-electron chi connectivity index (χ3n) is 14.1. The molecule has 0 unspecified atom stereocenters. The first-order valence-electron chi connectivity index (χ1n) is 21.3. The molecule has 0 radical (unpaired) electrons. The lowest BCUT2D eigenvalue weighted by molar-refractivity contribution is -0.136. The van der Waals surface area contributed by atoms with E-state index in [0.717, 1.165) is 69.4 Å². The number of piperazine rings is 1. The number of benzene rings is 3. The number of aromatic hydroxyl groups is 1. The number of hydrogen-bond donors (Lipinski definition) is 2. The van der Waals surface area contributed by atoms with E-state index < -0.39 is 6.04 Å². The SMILES string of the molecule is O=C1CC[C@H](N2Cc3cc(N4CCN(CC5CCN(c6ccc([C@H]7c8ccc(O)cc8CC[C@H]7C7CCCCCC7)cc6)CC5)CC4)ccc3C2=O)C(=O)N1. The molecule has 9 heteroatoms. The van der Waals surface area contributed by atoms with Crippen LogP contribution in [-0.4, -0.2) is 84.5 Å². The monoisotopic (exact) mass is 743 g/mol. The number of amides is 3. The molecule has 55 heavy (non-hydrogen) atoms. The highest BCUT2D eigenvalue weighted by atomic mass is 16.3. The highest BCUT2D eigenvalue weighted by Gasteiger charge is 2.40. The van der Waals surface area contributed by atoms with Crippen LogP contribution in [0.3, 0.4) is 0 Å². The summed E-state index contributed by atoms with van der Waals surface area (Å²) < 4.78 is 0. The predicted octanol–water partition coefficient (Wildman–Crippen LogP) is 6.86. The zero-order chi connectivity index (χ0) is 37.5. The standard InChI is InChI=1S/C46H57N5O4/c52-38-13-16-40-34(28-38)9-14-39(32-5-3-1-2-4-6-32)44(40)33-7-10-36(11-8-33)49-21-19-31(20-22-49)29-48-23-25-50(26-24-48)37-12-15-41-35(27-37)30-51(46(41)55)42-17-18-43(53)47-45(42)54/h7-8,10-13,15-16,27-28,31-32,39,42,44,52H,1-6,9,14,17-26,29-30H2,(H,47,53,54)/t39-,42-,44+/m0/s1. The van der Waals surface area contributed by atoms with Gasteiger partial charge in [0.05, 0.1) is 0 Å². The van der Waals surface area contributed by atoms with Crippen molar-refractivity contribution in [3.05, 3.63) is 88.5 Å². The maximum Gasteiger partial charge on any atom is 0.255 e. The van der Waals surface area contributed by atoms with Gasteiger partial charge in [0, 0.05) is 81.6 Å². The van der Waals surface area contributed by atoms with E-state index in [-0.39, 0.29) is 24.1 Å². The highest BCUT2D eigenvalue weighted by Crippen LogP contribution is 2.48. The predicted molar refractivity (Wildman–Crippen MR) is 215 cm³/mol. The normalized spacial score (nSPS) is 25.8. The first kappa shape index (κ1) is 36.3. The second-order valence-electron chi connectivity index (χ2n) is 17.4. The Labute approximate surface area is 326 Å². The van der Waals surface area contributed by atoms with Gasteiger partial charge >= 0.3 is 0 Å². The second-order valence-corrected chi connectivity index (χ2v) is 17.4. The first-order chi connectivity index (χ1) is 26.9. The van der Waals surface area contributed by atoms with Crippen molar-refractivity contribution in [2.45, 2.75) is 95.6 Å². The molecule has 0 bridgehead atoms. The van der Waals surface area contributed by atoms with Crippen LogP contribution in [0, 0.1) is 17.8 Å². The van der Waals surface area contributed by atoms with Crippen molar-refractivity contribution in [2.24, 2.45) is 17.8 Å². The van der Waals surface area contributed by atoms with Gasteiger partial charge in [0.2, 0.25) is 11.8 Å². The van der Waals surface area contributed by atoms with Crippen LogP contribution >= 0.6 is 0 Å². The van der Waals surface area contributed by atoms with Crippen LogP contribution in [-0.2, 0) is 22.6 Å². The van der Waals surface area contributed by atoms with E-state index in [4.69, 9.17) is 0 Å². The van der Waals surface area contributed by atoms with Gasteiger partial charge in [-0.15, -0.1) is 0 Å². The van der Waals surface area contributed by atoms with E-state index in [1.54, 1.807) is 4.90 Å². The van der Waals surface area contributed by atoms with Gasteiger partial charge in [0.1, 0.15) is 11.8 Å². The average molecular weight is 744 g/mol. The van der Waals surface area contributed by atoms with Crippen LogP contribution in [0.25, 0.3) is 0 Å². The molecule has 6 aliphatic rings. The average Bonchev–Trinajstić information content (AvgIpc) is 3.33. The molecule has 3 atom stereocenters. The third-order valence-corrected chi connectivity index (χ3v) is 14.1. The molecule has 9 rings (SSSR count). The van der Waals surface area contributed by atoms with Crippen molar-refractivity contribution in [3.8, 4) is 5.75 Å². The number of hydrogen-bond acceptors (Lipinski definition) is 7. The summed E-state index contributed by atoms with van der Waals surface area (Å²) in [6.07, 6.45) is 13.6. The number of phenolic OH excluding ortho intramolecular Hbond substituents is 1. The summed E-state index contributed by atoms with van der Waals surface area (Å²) in [7, 11) is 0. The molecule has 2 aliphatic carbocycles. The fraction of sp³-hybridized carbons (Fsp3) is 0.543. The summed E-state index contributed by atoms with van der Waals surface area (Å²) in [6, 6.07) is 21.3. The van der Waals surface area contributed by atoms with Crippen molar-refractivity contribution < 1.29 is 19.5 Å². The molecule has 3 aromatic carbocycles. The van der Waals surface area contributed by atoms with Gasteiger partial charge in [-0.25, -0.2) is 0 Å². The van der Waals surface area contributed by atoms with E-state index in [1.807, 2.05) is 18.2 Å². The van der Waals surface area contributed by atoms with Crippen molar-refractivity contribution in [2.75, 3.05) is 55.6 Å². The lowest BCUT2D eigenvalue weighted by atomic mass is 9.65. The summed E-state index contributed by atoms with van der Waals surface area (Å²) in [5.74, 6) is 2.24. The van der Waals surface area contributed by atoms with Crippen molar-refractivity contribution in [1.29, 1.82) is 0 Å². The number of piperidine rings is 2. The Morgan fingerprint density at radius 1 is 0.673 bits per heavy atom. The summed E-state index contributed by atoms with van der Waals surface area (Å²) in [4.78, 5) is 46.6. The summed E-state index contributed by atoms with van der Waals surface area (Å²) in [5.41, 5.74) is 8.35. The quantitative estimate of drug-likeness (QED) is 0.202. The van der Waals surface area contributed by atoms with Crippen LogP contribution in [0.4, 0.5) is 11.4 Å². The Balaban J connectivity index is 0.776. The second kappa shape index (κ2) is 15.6. The van der Waals surface area contributed by atoms with E-state index in [9.17, 15) is 19.5 Å². The van der Waals surface area contributed by atoms with Gasteiger partial charge in [-0.3, -0.25) is 24.6 Å². The van der Waals surface area contributed by atoms with Gasteiger partial charge in [0.25, 0.3) is 5.91 Å². The van der Waals surface area contributed by atoms with E-state index in [0.29, 0.717) is 42.0 Å². The van der Waals surface area contributed by atoms with Gasteiger partial charge in [-0.2, -0.15) is 0 Å². The molecule has 0 aromatic heterocycles. The maximum absolute atomic E-state index is 13.2. The Morgan fingerprint density at radius 3 is 2.15 bits per heavy atom. The highest BCUT2D eigenvalue weighted by molar-refractivity contribution is 6.05. The molecule has 2 N–H and O–H groups in total. The molecule has 9 nitrogen and oxygen atoms in total. The van der Waals surface area contributed by atoms with E-state index in [1.165, 1.54) is 80.2 Å². The maximum atomic E-state index is 13.2. The lowest BCUT2D eigenvalue weighted by Gasteiger charge is -2.40. The van der Waals surface area contributed by atoms with Crippen molar-refractivity contribution in [1.82, 2.24) is 15.1 Å². The van der Waals surface area contributed by atoms with Crippen LogP contribution in [0.2, 0.25) is 0 Å². The molecule has 4 heterocycles.